The van der Waals surface area contributed by atoms with E-state index in [1.165, 1.54) is 41.3 Å². The summed E-state index contributed by atoms with van der Waals surface area (Å²) in [5, 5.41) is 18.5. The Labute approximate surface area is 192 Å². The summed E-state index contributed by atoms with van der Waals surface area (Å²) in [6.45, 7) is 2.23. The molecule has 10 heteroatoms. The average Bonchev–Trinajstić information content (AvgIpc) is 3.50. The van der Waals surface area contributed by atoms with E-state index in [1.807, 2.05) is 12.3 Å². The third-order valence-corrected chi connectivity index (χ3v) is 6.89. The summed E-state index contributed by atoms with van der Waals surface area (Å²) in [5.41, 5.74) is 2.98. The van der Waals surface area contributed by atoms with Crippen molar-refractivity contribution >= 4 is 45.8 Å². The maximum Gasteiger partial charge on any atom is 0.407 e. The van der Waals surface area contributed by atoms with Crippen LogP contribution in [0.3, 0.4) is 0 Å². The van der Waals surface area contributed by atoms with Crippen LogP contribution in [0.15, 0.2) is 34.5 Å². The summed E-state index contributed by atoms with van der Waals surface area (Å²) in [7, 11) is 0. The highest BCUT2D eigenvalue weighted by atomic mass is 32.1. The molecule has 0 radical (unpaired) electrons. The number of amides is 2. The fourth-order valence-electron chi connectivity index (χ4n) is 3.40. The SMILES string of the molecule is Cc1nc(CNC(=O)OC2CCc3c(sc(NC(=O)/C=C/c4ccoc4)c3C#N)C2)cs1. The lowest BCUT2D eigenvalue weighted by Gasteiger charge is -2.22. The molecule has 8 nitrogen and oxygen atoms in total. The number of hydrogen-bond acceptors (Lipinski definition) is 8. The fraction of sp³-hybridized carbons (Fsp3) is 0.273. The Balaban J connectivity index is 1.35. The van der Waals surface area contributed by atoms with Gasteiger partial charge in [-0.05, 0) is 37.5 Å². The number of rotatable bonds is 6. The van der Waals surface area contributed by atoms with Crippen LogP contribution in [0.5, 0.6) is 0 Å². The van der Waals surface area contributed by atoms with Gasteiger partial charge in [0.2, 0.25) is 5.91 Å². The molecule has 0 saturated carbocycles. The predicted molar refractivity (Wildman–Crippen MR) is 121 cm³/mol. The number of fused-ring (bicyclic) bond motifs is 1. The van der Waals surface area contributed by atoms with Gasteiger partial charge in [-0.15, -0.1) is 22.7 Å². The second-order valence-corrected chi connectivity index (χ2v) is 9.35. The summed E-state index contributed by atoms with van der Waals surface area (Å²) in [5.74, 6) is -0.328. The Bertz CT molecular complexity index is 1190. The minimum atomic E-state index is -0.487. The molecule has 1 aliphatic rings. The molecule has 32 heavy (non-hydrogen) atoms. The van der Waals surface area contributed by atoms with Crippen molar-refractivity contribution < 1.29 is 18.7 Å². The smallest absolute Gasteiger partial charge is 0.407 e. The molecule has 1 unspecified atom stereocenters. The molecule has 164 valence electrons. The van der Waals surface area contributed by atoms with Gasteiger partial charge in [-0.25, -0.2) is 9.78 Å². The second-order valence-electron chi connectivity index (χ2n) is 7.18. The van der Waals surface area contributed by atoms with Crippen LogP contribution in [0.1, 0.15) is 38.7 Å². The molecule has 1 aliphatic carbocycles. The number of carbonyl (C=O) groups excluding carboxylic acids is 2. The first-order chi connectivity index (χ1) is 15.5. The molecule has 0 aromatic carbocycles. The van der Waals surface area contributed by atoms with Gasteiger partial charge >= 0.3 is 6.09 Å². The first kappa shape index (κ1) is 21.8. The third kappa shape index (κ3) is 5.25. The number of nitrogens with one attached hydrogen (secondary N) is 2. The van der Waals surface area contributed by atoms with E-state index < -0.39 is 6.09 Å². The summed E-state index contributed by atoms with van der Waals surface area (Å²) in [6.07, 6.45) is 7.05. The normalized spacial score (nSPS) is 15.2. The van der Waals surface area contributed by atoms with Crippen LogP contribution < -0.4 is 10.6 Å². The van der Waals surface area contributed by atoms with E-state index in [1.54, 1.807) is 12.1 Å². The van der Waals surface area contributed by atoms with Crippen molar-refractivity contribution in [2.75, 3.05) is 5.32 Å². The minimum absolute atomic E-state index is 0.283. The van der Waals surface area contributed by atoms with Crippen molar-refractivity contribution in [2.24, 2.45) is 0 Å². The van der Waals surface area contributed by atoms with Crippen molar-refractivity contribution in [3.63, 3.8) is 0 Å². The second kappa shape index (κ2) is 9.80. The quantitative estimate of drug-likeness (QED) is 0.518. The fourth-order valence-corrected chi connectivity index (χ4v) is 5.28. The van der Waals surface area contributed by atoms with Gasteiger partial charge < -0.3 is 19.8 Å². The lowest BCUT2D eigenvalue weighted by molar-refractivity contribution is -0.111. The highest BCUT2D eigenvalue weighted by molar-refractivity contribution is 7.16. The number of thiophene rings is 1. The van der Waals surface area contributed by atoms with Gasteiger partial charge in [0.25, 0.3) is 0 Å². The number of thiazole rings is 1. The summed E-state index contributed by atoms with van der Waals surface area (Å²) in [4.78, 5) is 29.7. The lowest BCUT2D eigenvalue weighted by Crippen LogP contribution is -2.31. The summed E-state index contributed by atoms with van der Waals surface area (Å²) >= 11 is 2.88. The van der Waals surface area contributed by atoms with Crippen LogP contribution in [0, 0.1) is 18.3 Å². The van der Waals surface area contributed by atoms with E-state index in [-0.39, 0.29) is 12.0 Å². The van der Waals surface area contributed by atoms with Crippen LogP contribution >= 0.6 is 22.7 Å². The molecule has 3 aromatic rings. The highest BCUT2D eigenvalue weighted by Gasteiger charge is 2.28. The lowest BCUT2D eigenvalue weighted by atomic mass is 9.94. The number of nitriles is 1. The molecular weight excluding hydrogens is 448 g/mol. The van der Waals surface area contributed by atoms with Crippen molar-refractivity contribution in [1.29, 1.82) is 5.26 Å². The van der Waals surface area contributed by atoms with Gasteiger partial charge in [0.15, 0.2) is 0 Å². The standard InChI is InChI=1S/C22H20N4O4S2/c1-13-25-15(12-31-13)10-24-22(28)30-16-3-4-17-18(9-23)21(32-19(17)8-16)26-20(27)5-2-14-6-7-29-11-14/h2,5-7,11-12,16H,3-4,8,10H2,1H3,(H,24,28)(H,26,27)/b5-2+. The topological polar surface area (TPSA) is 117 Å². The van der Waals surface area contributed by atoms with Crippen LogP contribution in [-0.2, 0) is 28.9 Å². The number of aromatic nitrogens is 1. The number of hydrogen-bond donors (Lipinski definition) is 2. The Morgan fingerprint density at radius 1 is 1.47 bits per heavy atom. The molecule has 0 spiro atoms. The van der Waals surface area contributed by atoms with Crippen molar-refractivity contribution in [2.45, 2.75) is 38.8 Å². The van der Waals surface area contributed by atoms with Crippen LogP contribution in [-0.4, -0.2) is 23.1 Å². The molecule has 0 fully saturated rings. The Morgan fingerprint density at radius 3 is 3.06 bits per heavy atom. The number of furan rings is 1. The number of ether oxygens (including phenoxy) is 1. The highest BCUT2D eigenvalue weighted by Crippen LogP contribution is 2.38. The van der Waals surface area contributed by atoms with Gasteiger partial charge in [0, 0.05) is 28.3 Å². The number of carbonyl (C=O) groups is 2. The van der Waals surface area contributed by atoms with Crippen LogP contribution in [0.2, 0.25) is 0 Å². The molecule has 3 aromatic heterocycles. The molecule has 4 rings (SSSR count). The number of aryl methyl sites for hydroxylation is 1. The monoisotopic (exact) mass is 468 g/mol. The van der Waals surface area contributed by atoms with Gasteiger partial charge in [0.05, 0.1) is 35.3 Å². The van der Waals surface area contributed by atoms with Crippen molar-refractivity contribution in [3.05, 3.63) is 62.3 Å². The van der Waals surface area contributed by atoms with E-state index in [9.17, 15) is 14.9 Å². The Morgan fingerprint density at radius 2 is 2.34 bits per heavy atom. The zero-order valence-electron chi connectivity index (χ0n) is 17.2. The van der Waals surface area contributed by atoms with Crippen molar-refractivity contribution in [3.8, 4) is 6.07 Å². The number of anilines is 1. The largest absolute Gasteiger partial charge is 0.472 e. The third-order valence-electron chi connectivity index (χ3n) is 4.89. The first-order valence-electron chi connectivity index (χ1n) is 9.93. The van der Waals surface area contributed by atoms with E-state index in [2.05, 4.69) is 21.7 Å². The van der Waals surface area contributed by atoms with Crippen molar-refractivity contribution in [1.82, 2.24) is 10.3 Å². The van der Waals surface area contributed by atoms with Gasteiger partial charge in [-0.1, -0.05) is 0 Å². The van der Waals surface area contributed by atoms with Crippen LogP contribution in [0.25, 0.3) is 6.08 Å². The summed E-state index contributed by atoms with van der Waals surface area (Å²) < 4.78 is 10.5. The average molecular weight is 469 g/mol. The number of nitrogens with zero attached hydrogens (tertiary/aromatic N) is 2. The molecule has 2 amide bonds. The molecule has 0 bridgehead atoms. The Kier molecular flexibility index (Phi) is 6.68. The van der Waals surface area contributed by atoms with Gasteiger partial charge in [-0.3, -0.25) is 4.79 Å². The molecule has 1 atom stereocenters. The molecule has 3 heterocycles. The molecule has 2 N–H and O–H groups in total. The predicted octanol–water partition coefficient (Wildman–Crippen LogP) is 4.41. The molecule has 0 aliphatic heterocycles. The van der Waals surface area contributed by atoms with E-state index in [0.717, 1.165) is 26.7 Å². The number of alkyl carbamates (subject to hydrolysis) is 1. The van der Waals surface area contributed by atoms with Gasteiger partial charge in [-0.2, -0.15) is 5.26 Å². The van der Waals surface area contributed by atoms with Gasteiger partial charge in [0.1, 0.15) is 17.2 Å². The molecule has 0 saturated heterocycles. The maximum atomic E-state index is 12.3. The van der Waals surface area contributed by atoms with E-state index in [0.29, 0.717) is 36.4 Å². The minimum Gasteiger partial charge on any atom is -0.472 e. The first-order valence-corrected chi connectivity index (χ1v) is 11.6. The van der Waals surface area contributed by atoms with Crippen LogP contribution in [0.4, 0.5) is 9.80 Å². The molecular formula is C22H20N4O4S2. The van der Waals surface area contributed by atoms with E-state index in [4.69, 9.17) is 9.15 Å². The summed E-state index contributed by atoms with van der Waals surface area (Å²) in [6, 6.07) is 3.94. The van der Waals surface area contributed by atoms with E-state index >= 15 is 0 Å². The Hall–Kier alpha value is -3.42. The maximum absolute atomic E-state index is 12.3. The zero-order valence-corrected chi connectivity index (χ0v) is 18.8. The zero-order chi connectivity index (χ0) is 22.5.